The van der Waals surface area contributed by atoms with Crippen molar-refractivity contribution in [3.05, 3.63) is 59.4 Å². The number of hydrogen-bond acceptors (Lipinski definition) is 4. The van der Waals surface area contributed by atoms with Gasteiger partial charge in [0.1, 0.15) is 11.9 Å². The largest absolute Gasteiger partial charge is 0.494 e. The second-order valence-corrected chi connectivity index (χ2v) is 5.45. The van der Waals surface area contributed by atoms with Gasteiger partial charge in [-0.1, -0.05) is 30.3 Å². The van der Waals surface area contributed by atoms with Gasteiger partial charge in [0, 0.05) is 12.5 Å². The number of Topliss-reactive ketones (excluding diaryl/α,β-unsaturated/α-hetero) is 1. The first-order valence-electron chi connectivity index (χ1n) is 7.89. The number of allylic oxidation sites excluding steroid dienone is 3. The standard InChI is InChI=1S/C19H22O4/c1-3-22-19(21)12-11-17-14(2)23-16(13-18(17)20)10-9-15-7-5-4-6-8-15/h4-8,11-12,16H,3,9-10,13H2,1-2H3/b12-11+/t16-/m0/s1. The lowest BCUT2D eigenvalue weighted by Crippen LogP contribution is -2.25. The lowest BCUT2D eigenvalue weighted by Gasteiger charge is -2.25. The van der Waals surface area contributed by atoms with E-state index < -0.39 is 5.97 Å². The van der Waals surface area contributed by atoms with Crippen LogP contribution in [0.25, 0.3) is 0 Å². The molecule has 2 rings (SSSR count). The van der Waals surface area contributed by atoms with Crippen molar-refractivity contribution in [3.8, 4) is 0 Å². The lowest BCUT2D eigenvalue weighted by atomic mass is 9.96. The molecule has 0 aliphatic carbocycles. The Kier molecular flexibility index (Phi) is 6.15. The van der Waals surface area contributed by atoms with Crippen LogP contribution in [0.15, 0.2) is 53.8 Å². The number of rotatable bonds is 6. The van der Waals surface area contributed by atoms with E-state index in [1.165, 1.54) is 17.7 Å². The summed E-state index contributed by atoms with van der Waals surface area (Å²) >= 11 is 0. The van der Waals surface area contributed by atoms with Gasteiger partial charge in [-0.05, 0) is 38.3 Å². The first-order valence-corrected chi connectivity index (χ1v) is 7.89. The predicted octanol–water partition coefficient (Wildman–Crippen LogP) is 3.37. The maximum Gasteiger partial charge on any atom is 0.330 e. The molecule has 1 aliphatic rings. The molecule has 1 aromatic rings. The molecule has 4 nitrogen and oxygen atoms in total. The third-order valence-electron chi connectivity index (χ3n) is 3.71. The Hall–Kier alpha value is -2.36. The molecule has 0 saturated carbocycles. The maximum absolute atomic E-state index is 12.3. The molecule has 1 aromatic carbocycles. The average Bonchev–Trinajstić information content (AvgIpc) is 2.53. The monoisotopic (exact) mass is 314 g/mol. The SMILES string of the molecule is CCOC(=O)/C=C/C1=C(C)O[C@@H](CCc2ccccc2)CC1=O. The van der Waals surface area contributed by atoms with E-state index in [-0.39, 0.29) is 11.9 Å². The molecular formula is C19H22O4. The molecule has 1 heterocycles. The molecule has 0 N–H and O–H groups in total. The van der Waals surface area contributed by atoms with Gasteiger partial charge in [-0.15, -0.1) is 0 Å². The number of hydrogen-bond donors (Lipinski definition) is 0. The Balaban J connectivity index is 1.95. The van der Waals surface area contributed by atoms with Crippen LogP contribution in [-0.4, -0.2) is 24.5 Å². The molecule has 0 unspecified atom stereocenters. The summed E-state index contributed by atoms with van der Waals surface area (Å²) < 4.78 is 10.7. The van der Waals surface area contributed by atoms with Crippen molar-refractivity contribution in [1.29, 1.82) is 0 Å². The fraction of sp³-hybridized carbons (Fsp3) is 0.368. The number of ether oxygens (including phenoxy) is 2. The molecule has 122 valence electrons. The van der Waals surface area contributed by atoms with Gasteiger partial charge in [0.15, 0.2) is 5.78 Å². The number of esters is 1. The molecule has 4 heteroatoms. The molecule has 0 saturated heterocycles. The minimum absolute atomic E-state index is 0.00681. The highest BCUT2D eigenvalue weighted by Gasteiger charge is 2.25. The minimum atomic E-state index is -0.452. The van der Waals surface area contributed by atoms with Gasteiger partial charge >= 0.3 is 5.97 Å². The van der Waals surface area contributed by atoms with E-state index in [1.807, 2.05) is 18.2 Å². The van der Waals surface area contributed by atoms with Crippen molar-refractivity contribution < 1.29 is 19.1 Å². The van der Waals surface area contributed by atoms with Crippen molar-refractivity contribution in [3.63, 3.8) is 0 Å². The van der Waals surface area contributed by atoms with E-state index in [2.05, 4.69) is 12.1 Å². The van der Waals surface area contributed by atoms with E-state index in [0.29, 0.717) is 24.4 Å². The first kappa shape index (κ1) is 17.0. The van der Waals surface area contributed by atoms with Crippen LogP contribution in [0.3, 0.4) is 0 Å². The maximum atomic E-state index is 12.3. The topological polar surface area (TPSA) is 52.6 Å². The average molecular weight is 314 g/mol. The zero-order valence-electron chi connectivity index (χ0n) is 13.6. The van der Waals surface area contributed by atoms with E-state index in [1.54, 1.807) is 13.8 Å². The predicted molar refractivity (Wildman–Crippen MR) is 87.7 cm³/mol. The summed E-state index contributed by atoms with van der Waals surface area (Å²) in [5.74, 6) is 0.124. The van der Waals surface area contributed by atoms with Gasteiger partial charge in [-0.3, -0.25) is 4.79 Å². The van der Waals surface area contributed by atoms with Gasteiger partial charge in [-0.2, -0.15) is 0 Å². The van der Waals surface area contributed by atoms with Crippen molar-refractivity contribution in [1.82, 2.24) is 0 Å². The molecule has 0 amide bonds. The normalized spacial score (nSPS) is 18.2. The van der Waals surface area contributed by atoms with Gasteiger partial charge in [0.25, 0.3) is 0 Å². The second-order valence-electron chi connectivity index (χ2n) is 5.45. The fourth-order valence-electron chi connectivity index (χ4n) is 2.55. The van der Waals surface area contributed by atoms with Gasteiger partial charge < -0.3 is 9.47 Å². The summed E-state index contributed by atoms with van der Waals surface area (Å²) in [5, 5.41) is 0. The Bertz CT molecular complexity index is 614. The number of carbonyl (C=O) groups is 2. The van der Waals surface area contributed by atoms with Gasteiger partial charge in [0.05, 0.1) is 12.2 Å². The van der Waals surface area contributed by atoms with E-state index >= 15 is 0 Å². The number of benzene rings is 1. The Morgan fingerprint density at radius 2 is 2.09 bits per heavy atom. The summed E-state index contributed by atoms with van der Waals surface area (Å²) in [4.78, 5) is 23.6. The summed E-state index contributed by atoms with van der Waals surface area (Å²) in [5.41, 5.74) is 1.69. The van der Waals surface area contributed by atoms with Crippen LogP contribution in [0.2, 0.25) is 0 Å². The van der Waals surface area contributed by atoms with E-state index in [4.69, 9.17) is 9.47 Å². The van der Waals surface area contributed by atoms with Crippen LogP contribution in [0.5, 0.6) is 0 Å². The van der Waals surface area contributed by atoms with Crippen LogP contribution in [0.1, 0.15) is 32.3 Å². The number of carbonyl (C=O) groups excluding carboxylic acids is 2. The highest BCUT2D eigenvalue weighted by atomic mass is 16.5. The van der Waals surface area contributed by atoms with Crippen molar-refractivity contribution in [2.45, 2.75) is 39.2 Å². The molecule has 0 bridgehead atoms. The number of ketones is 1. The van der Waals surface area contributed by atoms with Crippen molar-refractivity contribution in [2.24, 2.45) is 0 Å². The molecular weight excluding hydrogens is 292 g/mol. The molecule has 0 spiro atoms. The lowest BCUT2D eigenvalue weighted by molar-refractivity contribution is -0.137. The zero-order valence-corrected chi connectivity index (χ0v) is 13.6. The van der Waals surface area contributed by atoms with Crippen LogP contribution >= 0.6 is 0 Å². The third-order valence-corrected chi connectivity index (χ3v) is 3.71. The smallest absolute Gasteiger partial charge is 0.330 e. The summed E-state index contributed by atoms with van der Waals surface area (Å²) in [6.07, 6.45) is 4.66. The molecule has 23 heavy (non-hydrogen) atoms. The molecule has 1 atom stereocenters. The third kappa shape index (κ3) is 5.09. The van der Waals surface area contributed by atoms with Crippen molar-refractivity contribution in [2.75, 3.05) is 6.61 Å². The highest BCUT2D eigenvalue weighted by molar-refractivity contribution is 6.00. The first-order chi connectivity index (χ1) is 11.1. The molecule has 0 fully saturated rings. The van der Waals surface area contributed by atoms with Crippen LogP contribution < -0.4 is 0 Å². The molecule has 0 aromatic heterocycles. The fourth-order valence-corrected chi connectivity index (χ4v) is 2.55. The summed E-state index contributed by atoms with van der Waals surface area (Å²) in [6.45, 7) is 3.81. The van der Waals surface area contributed by atoms with Gasteiger partial charge in [0.2, 0.25) is 0 Å². The minimum Gasteiger partial charge on any atom is -0.494 e. The quantitative estimate of drug-likeness (QED) is 0.597. The van der Waals surface area contributed by atoms with Gasteiger partial charge in [-0.25, -0.2) is 4.79 Å². The van der Waals surface area contributed by atoms with Crippen LogP contribution in [0, 0.1) is 0 Å². The zero-order chi connectivity index (χ0) is 16.7. The Morgan fingerprint density at radius 1 is 1.35 bits per heavy atom. The van der Waals surface area contributed by atoms with Crippen molar-refractivity contribution >= 4 is 11.8 Å². The van der Waals surface area contributed by atoms with Crippen LogP contribution in [-0.2, 0) is 25.5 Å². The summed E-state index contributed by atoms with van der Waals surface area (Å²) in [7, 11) is 0. The second kappa shape index (κ2) is 8.32. The number of aryl methyl sites for hydroxylation is 1. The molecule has 1 aliphatic heterocycles. The summed E-state index contributed by atoms with van der Waals surface area (Å²) in [6, 6.07) is 10.1. The Morgan fingerprint density at radius 3 is 2.74 bits per heavy atom. The van der Waals surface area contributed by atoms with E-state index in [9.17, 15) is 9.59 Å². The Labute approximate surface area is 136 Å². The highest BCUT2D eigenvalue weighted by Crippen LogP contribution is 2.24. The van der Waals surface area contributed by atoms with Crippen LogP contribution in [0.4, 0.5) is 0 Å². The molecule has 0 radical (unpaired) electrons. The van der Waals surface area contributed by atoms with E-state index in [0.717, 1.165) is 12.8 Å².